The van der Waals surface area contributed by atoms with Crippen LogP contribution in [0.1, 0.15) is 28.9 Å². The quantitative estimate of drug-likeness (QED) is 0.200. The third-order valence-electron chi connectivity index (χ3n) is 4.96. The second-order valence-electron chi connectivity index (χ2n) is 7.66. The number of carbonyl (C=O) groups is 3. The Morgan fingerprint density at radius 1 is 1.08 bits per heavy atom. The molecule has 5 N–H and O–H groups in total. The number of terminal acetylenes is 2. The monoisotopic (exact) mass is 517 g/mol. The Hall–Kier alpha value is -5.43. The van der Waals surface area contributed by atoms with Gasteiger partial charge in [-0.2, -0.15) is 4.98 Å². The van der Waals surface area contributed by atoms with E-state index in [0.717, 1.165) is 0 Å². The number of H-pyrrole nitrogens is 1. The predicted molar refractivity (Wildman–Crippen MR) is 136 cm³/mol. The topological polar surface area (TPSA) is 191 Å². The molecule has 2 heterocycles. The summed E-state index contributed by atoms with van der Waals surface area (Å²) in [6, 6.07) is 5.22. The van der Waals surface area contributed by atoms with Crippen molar-refractivity contribution in [3.8, 4) is 24.7 Å². The van der Waals surface area contributed by atoms with Gasteiger partial charge in [-0.05, 0) is 30.7 Å². The van der Waals surface area contributed by atoms with E-state index in [1.807, 2.05) is 0 Å². The number of nitrogens with two attached hydrogens (primary N) is 1. The lowest BCUT2D eigenvalue weighted by atomic mass is 10.1. The normalized spacial score (nSPS) is 11.0. The van der Waals surface area contributed by atoms with E-state index < -0.39 is 29.4 Å². The Bertz CT molecular complexity index is 1470. The van der Waals surface area contributed by atoms with Crippen LogP contribution in [-0.4, -0.2) is 57.0 Å². The average molecular weight is 518 g/mol. The number of fused-ring (bicyclic) bond motifs is 1. The van der Waals surface area contributed by atoms with Gasteiger partial charge in [0.25, 0.3) is 5.91 Å². The van der Waals surface area contributed by atoms with Crippen molar-refractivity contribution < 1.29 is 23.9 Å². The van der Waals surface area contributed by atoms with Crippen LogP contribution in [0.25, 0.3) is 11.2 Å². The first kappa shape index (κ1) is 27.2. The van der Waals surface area contributed by atoms with Gasteiger partial charge in [0.1, 0.15) is 6.04 Å². The van der Waals surface area contributed by atoms with Crippen molar-refractivity contribution in [1.82, 2.24) is 25.3 Å². The molecule has 1 atom stereocenters. The molecule has 0 spiro atoms. The summed E-state index contributed by atoms with van der Waals surface area (Å²) in [6.45, 7) is -0.249. The number of benzene rings is 1. The van der Waals surface area contributed by atoms with Crippen molar-refractivity contribution in [2.45, 2.75) is 25.4 Å². The maximum absolute atomic E-state index is 12.7. The summed E-state index contributed by atoms with van der Waals surface area (Å²) in [5.74, 6) is 2.31. The van der Waals surface area contributed by atoms with Crippen LogP contribution in [0.4, 0.5) is 11.6 Å². The highest BCUT2D eigenvalue weighted by atomic mass is 16.5. The van der Waals surface area contributed by atoms with E-state index in [0.29, 0.717) is 11.4 Å². The lowest BCUT2D eigenvalue weighted by molar-refractivity contribution is -0.145. The van der Waals surface area contributed by atoms with Crippen LogP contribution in [0.2, 0.25) is 0 Å². The molecule has 194 valence electrons. The summed E-state index contributed by atoms with van der Waals surface area (Å²) in [6.07, 6.45) is 11.4. The summed E-state index contributed by atoms with van der Waals surface area (Å²) in [5, 5.41) is 5.65. The third kappa shape index (κ3) is 7.53. The molecule has 0 aliphatic carbocycles. The van der Waals surface area contributed by atoms with Crippen molar-refractivity contribution in [2.24, 2.45) is 0 Å². The third-order valence-corrected chi connectivity index (χ3v) is 4.96. The molecule has 0 aliphatic heterocycles. The van der Waals surface area contributed by atoms with Crippen molar-refractivity contribution in [3.05, 3.63) is 52.1 Å². The molecule has 2 aromatic heterocycles. The molecule has 0 radical (unpaired) electrons. The van der Waals surface area contributed by atoms with Crippen LogP contribution in [-0.2, 0) is 25.6 Å². The van der Waals surface area contributed by atoms with E-state index in [4.69, 9.17) is 28.1 Å². The molecule has 3 rings (SSSR count). The molecule has 3 aromatic rings. The minimum atomic E-state index is -1.13. The van der Waals surface area contributed by atoms with E-state index >= 15 is 0 Å². The van der Waals surface area contributed by atoms with Gasteiger partial charge in [0.2, 0.25) is 5.95 Å². The van der Waals surface area contributed by atoms with Crippen LogP contribution in [0.15, 0.2) is 35.3 Å². The first-order valence-corrected chi connectivity index (χ1v) is 11.2. The fraction of sp³-hybridized carbons (Fsp3) is 0.240. The zero-order valence-corrected chi connectivity index (χ0v) is 20.0. The second kappa shape index (κ2) is 13.0. The Labute approximate surface area is 216 Å². The molecule has 0 aliphatic rings. The first-order chi connectivity index (χ1) is 18.3. The lowest BCUT2D eigenvalue weighted by Gasteiger charge is -2.17. The summed E-state index contributed by atoms with van der Waals surface area (Å²) in [7, 11) is 0. The molecule has 1 amide bonds. The van der Waals surface area contributed by atoms with Gasteiger partial charge in [-0.1, -0.05) is 11.8 Å². The molecule has 0 bridgehead atoms. The van der Waals surface area contributed by atoms with E-state index in [1.54, 1.807) is 12.1 Å². The van der Waals surface area contributed by atoms with Gasteiger partial charge < -0.3 is 30.8 Å². The fourth-order valence-electron chi connectivity index (χ4n) is 3.16. The molecule has 13 heteroatoms. The molecule has 1 aromatic carbocycles. The standard InChI is InChI=1S/C25H23N7O6/c1-3-11-37-19(33)10-9-18(24(36)38-12-4-2)30-22(34)15-5-7-16(8-6-15)27-13-17-14-28-21-20(29-17)23(35)32-25(26)31-21/h1-2,5-8,14,18,27H,9-13H2,(H,30,34)(H3,26,28,31,32,35)/t18-/m0/s1. The number of rotatable bonds is 11. The molecule has 0 saturated carbocycles. The van der Waals surface area contributed by atoms with Crippen LogP contribution < -0.4 is 21.9 Å². The number of hydrogen-bond acceptors (Lipinski definition) is 11. The summed E-state index contributed by atoms with van der Waals surface area (Å²) in [5.41, 5.74) is 6.58. The van der Waals surface area contributed by atoms with Gasteiger partial charge in [-0.15, -0.1) is 12.8 Å². The number of aromatic amines is 1. The summed E-state index contributed by atoms with van der Waals surface area (Å²) in [4.78, 5) is 63.4. The van der Waals surface area contributed by atoms with Gasteiger partial charge in [0.05, 0.1) is 18.4 Å². The van der Waals surface area contributed by atoms with E-state index in [1.165, 1.54) is 18.3 Å². The number of nitrogen functional groups attached to an aromatic ring is 1. The minimum absolute atomic E-state index is 0.0508. The lowest BCUT2D eigenvalue weighted by Crippen LogP contribution is -2.42. The number of hydrogen-bond donors (Lipinski definition) is 4. The largest absolute Gasteiger partial charge is 0.452 e. The van der Waals surface area contributed by atoms with Crippen molar-refractivity contribution >= 4 is 40.6 Å². The highest BCUT2D eigenvalue weighted by Gasteiger charge is 2.24. The van der Waals surface area contributed by atoms with Crippen LogP contribution in [0, 0.1) is 24.7 Å². The number of ether oxygens (including phenoxy) is 2. The molecule has 38 heavy (non-hydrogen) atoms. The molecule has 0 saturated heterocycles. The Morgan fingerprint density at radius 3 is 2.50 bits per heavy atom. The molecule has 13 nitrogen and oxygen atoms in total. The molecule has 0 unspecified atom stereocenters. The average Bonchev–Trinajstić information content (AvgIpc) is 2.91. The number of aromatic nitrogens is 4. The highest BCUT2D eigenvalue weighted by molar-refractivity contribution is 5.97. The fourth-order valence-corrected chi connectivity index (χ4v) is 3.16. The van der Waals surface area contributed by atoms with E-state index in [2.05, 4.69) is 42.4 Å². The number of esters is 2. The second-order valence-corrected chi connectivity index (χ2v) is 7.66. The smallest absolute Gasteiger partial charge is 0.329 e. The predicted octanol–water partition coefficient (Wildman–Crippen LogP) is 0.139. The van der Waals surface area contributed by atoms with Crippen LogP contribution >= 0.6 is 0 Å². The molecule has 0 fully saturated rings. The summed E-state index contributed by atoms with van der Waals surface area (Å²) >= 11 is 0. The van der Waals surface area contributed by atoms with E-state index in [-0.39, 0.29) is 55.3 Å². The van der Waals surface area contributed by atoms with Gasteiger partial charge in [0, 0.05) is 17.7 Å². The number of carbonyl (C=O) groups excluding carboxylic acids is 3. The summed E-state index contributed by atoms with van der Waals surface area (Å²) < 4.78 is 9.69. The number of anilines is 2. The van der Waals surface area contributed by atoms with Gasteiger partial charge >= 0.3 is 17.5 Å². The number of nitrogens with zero attached hydrogens (tertiary/aromatic N) is 3. The van der Waals surface area contributed by atoms with Gasteiger partial charge in [0.15, 0.2) is 24.4 Å². The van der Waals surface area contributed by atoms with Crippen molar-refractivity contribution in [1.29, 1.82) is 0 Å². The molecular formula is C25H23N7O6. The highest BCUT2D eigenvalue weighted by Crippen LogP contribution is 2.13. The maximum Gasteiger partial charge on any atom is 0.329 e. The van der Waals surface area contributed by atoms with Gasteiger partial charge in [-0.25, -0.2) is 14.8 Å². The zero-order chi connectivity index (χ0) is 27.5. The number of amides is 1. The Morgan fingerprint density at radius 2 is 1.79 bits per heavy atom. The van der Waals surface area contributed by atoms with Crippen LogP contribution in [0.3, 0.4) is 0 Å². The SMILES string of the molecule is C#CCOC(=O)CC[C@H](NC(=O)c1ccc(NCc2cnc3[nH]c(N)nc(=O)c3n2)cc1)C(=O)OCC#C. The van der Waals surface area contributed by atoms with Gasteiger partial charge in [-0.3, -0.25) is 14.4 Å². The minimum Gasteiger partial charge on any atom is -0.452 e. The van der Waals surface area contributed by atoms with Crippen molar-refractivity contribution in [2.75, 3.05) is 24.3 Å². The number of nitrogens with one attached hydrogen (secondary N) is 3. The Balaban J connectivity index is 1.61. The zero-order valence-electron chi connectivity index (χ0n) is 20.0. The molecular weight excluding hydrogens is 494 g/mol. The first-order valence-electron chi connectivity index (χ1n) is 11.2. The van der Waals surface area contributed by atoms with Crippen molar-refractivity contribution in [3.63, 3.8) is 0 Å². The Kier molecular flexibility index (Phi) is 9.32. The maximum atomic E-state index is 12.7. The van der Waals surface area contributed by atoms with E-state index in [9.17, 15) is 19.2 Å². The van der Waals surface area contributed by atoms with Crippen LogP contribution in [0.5, 0.6) is 0 Å².